The molecule has 2 rings (SSSR count). The molecule has 1 aromatic heterocycles. The third-order valence-corrected chi connectivity index (χ3v) is 3.06. The van der Waals surface area contributed by atoms with Crippen molar-refractivity contribution in [2.75, 3.05) is 50.6 Å². The lowest BCUT2D eigenvalue weighted by Crippen LogP contribution is -2.39. The summed E-state index contributed by atoms with van der Waals surface area (Å²) in [5.74, 6) is 2.58. The monoisotopic (exact) mass is 265 g/mol. The van der Waals surface area contributed by atoms with Crippen molar-refractivity contribution < 1.29 is 4.74 Å². The SMILES string of the molecule is Cc1nc(NCCC2CNCCO2)cc(N(C)C)n1. The van der Waals surface area contributed by atoms with Crippen LogP contribution in [0, 0.1) is 6.92 Å². The van der Waals surface area contributed by atoms with Crippen molar-refractivity contribution in [3.8, 4) is 0 Å². The number of nitrogens with zero attached hydrogens (tertiary/aromatic N) is 3. The molecular weight excluding hydrogens is 242 g/mol. The molecular formula is C13H23N5O. The Morgan fingerprint density at radius 1 is 1.47 bits per heavy atom. The highest BCUT2D eigenvalue weighted by Gasteiger charge is 2.12. The van der Waals surface area contributed by atoms with E-state index in [9.17, 15) is 0 Å². The Bertz CT molecular complexity index is 404. The van der Waals surface area contributed by atoms with E-state index in [1.54, 1.807) is 0 Å². The standard InChI is InChI=1S/C13H23N5O/c1-10-16-12(8-13(17-10)18(2)3)15-5-4-11-9-14-6-7-19-11/h8,11,14H,4-7,9H2,1-3H3,(H,15,16,17). The van der Waals surface area contributed by atoms with Gasteiger partial charge in [-0.1, -0.05) is 0 Å². The van der Waals surface area contributed by atoms with Crippen molar-refractivity contribution in [3.63, 3.8) is 0 Å². The summed E-state index contributed by atoms with van der Waals surface area (Å²) >= 11 is 0. The number of ether oxygens (including phenoxy) is 1. The Labute approximate surface area is 114 Å². The fourth-order valence-corrected chi connectivity index (χ4v) is 2.04. The van der Waals surface area contributed by atoms with Gasteiger partial charge in [0, 0.05) is 39.8 Å². The molecule has 1 unspecified atom stereocenters. The second-order valence-corrected chi connectivity index (χ2v) is 4.97. The minimum absolute atomic E-state index is 0.303. The first-order valence-electron chi connectivity index (χ1n) is 6.74. The number of hydrogen-bond acceptors (Lipinski definition) is 6. The lowest BCUT2D eigenvalue weighted by atomic mass is 10.2. The maximum atomic E-state index is 5.66. The Balaban J connectivity index is 1.84. The van der Waals surface area contributed by atoms with Crippen LogP contribution in [0.15, 0.2) is 6.07 Å². The van der Waals surface area contributed by atoms with Gasteiger partial charge in [0.05, 0.1) is 12.7 Å². The third-order valence-electron chi connectivity index (χ3n) is 3.06. The van der Waals surface area contributed by atoms with Crippen molar-refractivity contribution in [3.05, 3.63) is 11.9 Å². The summed E-state index contributed by atoms with van der Waals surface area (Å²) in [5.41, 5.74) is 0. The first-order valence-corrected chi connectivity index (χ1v) is 6.74. The molecule has 1 saturated heterocycles. The van der Waals surface area contributed by atoms with Crippen molar-refractivity contribution in [2.45, 2.75) is 19.4 Å². The lowest BCUT2D eigenvalue weighted by molar-refractivity contribution is 0.0258. The predicted molar refractivity (Wildman–Crippen MR) is 76.8 cm³/mol. The highest BCUT2D eigenvalue weighted by molar-refractivity contribution is 5.48. The molecule has 19 heavy (non-hydrogen) atoms. The zero-order valence-electron chi connectivity index (χ0n) is 11.9. The van der Waals surface area contributed by atoms with Crippen LogP contribution in [0.4, 0.5) is 11.6 Å². The van der Waals surface area contributed by atoms with Crippen LogP contribution in [0.5, 0.6) is 0 Å². The molecule has 6 nitrogen and oxygen atoms in total. The molecule has 0 bridgehead atoms. The topological polar surface area (TPSA) is 62.3 Å². The van der Waals surface area contributed by atoms with E-state index >= 15 is 0 Å². The first-order chi connectivity index (χ1) is 9.15. The van der Waals surface area contributed by atoms with E-state index in [0.29, 0.717) is 6.10 Å². The molecule has 1 aliphatic heterocycles. The average molecular weight is 265 g/mol. The molecule has 0 radical (unpaired) electrons. The van der Waals surface area contributed by atoms with E-state index < -0.39 is 0 Å². The number of morpholine rings is 1. The van der Waals surface area contributed by atoms with E-state index in [4.69, 9.17) is 4.74 Å². The van der Waals surface area contributed by atoms with Crippen molar-refractivity contribution in [1.29, 1.82) is 0 Å². The molecule has 2 heterocycles. The molecule has 1 fully saturated rings. The molecule has 1 atom stereocenters. The summed E-state index contributed by atoms with van der Waals surface area (Å²) in [6.07, 6.45) is 1.28. The number of anilines is 2. The van der Waals surface area contributed by atoms with Crippen molar-refractivity contribution >= 4 is 11.6 Å². The molecule has 6 heteroatoms. The summed E-state index contributed by atoms with van der Waals surface area (Å²) < 4.78 is 5.66. The molecule has 0 spiro atoms. The maximum Gasteiger partial charge on any atom is 0.133 e. The lowest BCUT2D eigenvalue weighted by Gasteiger charge is -2.23. The third kappa shape index (κ3) is 4.33. The van der Waals surface area contributed by atoms with Crippen LogP contribution in [0.2, 0.25) is 0 Å². The average Bonchev–Trinajstić information content (AvgIpc) is 2.39. The van der Waals surface area contributed by atoms with Crippen LogP contribution in [-0.2, 0) is 4.74 Å². The summed E-state index contributed by atoms with van der Waals surface area (Å²) in [6, 6.07) is 1.97. The Hall–Kier alpha value is -1.40. The van der Waals surface area contributed by atoms with E-state index in [0.717, 1.165) is 50.1 Å². The van der Waals surface area contributed by atoms with Gasteiger partial charge < -0.3 is 20.3 Å². The summed E-state index contributed by atoms with van der Waals surface area (Å²) in [7, 11) is 3.96. The van der Waals surface area contributed by atoms with Gasteiger partial charge in [-0.3, -0.25) is 0 Å². The normalized spacial score (nSPS) is 19.2. The number of rotatable bonds is 5. The van der Waals surface area contributed by atoms with Crippen LogP contribution in [0.1, 0.15) is 12.2 Å². The van der Waals surface area contributed by atoms with Gasteiger partial charge in [-0.05, 0) is 13.3 Å². The van der Waals surface area contributed by atoms with Gasteiger partial charge in [-0.25, -0.2) is 9.97 Å². The van der Waals surface area contributed by atoms with E-state index in [2.05, 4.69) is 20.6 Å². The largest absolute Gasteiger partial charge is 0.376 e. The maximum absolute atomic E-state index is 5.66. The van der Waals surface area contributed by atoms with Gasteiger partial charge in [0.1, 0.15) is 17.5 Å². The zero-order chi connectivity index (χ0) is 13.7. The molecule has 0 amide bonds. The highest BCUT2D eigenvalue weighted by atomic mass is 16.5. The number of nitrogens with one attached hydrogen (secondary N) is 2. The smallest absolute Gasteiger partial charge is 0.133 e. The van der Waals surface area contributed by atoms with Gasteiger partial charge in [-0.15, -0.1) is 0 Å². The number of aromatic nitrogens is 2. The summed E-state index contributed by atoms with van der Waals surface area (Å²) in [5, 5.41) is 6.67. The number of hydrogen-bond donors (Lipinski definition) is 2. The van der Waals surface area contributed by atoms with Crippen LogP contribution in [0.25, 0.3) is 0 Å². The van der Waals surface area contributed by atoms with E-state index in [-0.39, 0.29) is 0 Å². The molecule has 106 valence electrons. The Morgan fingerprint density at radius 2 is 2.32 bits per heavy atom. The molecule has 0 aliphatic carbocycles. The van der Waals surface area contributed by atoms with E-state index in [1.165, 1.54) is 0 Å². The Kier molecular flexibility index (Phi) is 4.93. The number of aryl methyl sites for hydroxylation is 1. The minimum Gasteiger partial charge on any atom is -0.376 e. The molecule has 1 aromatic rings. The zero-order valence-corrected chi connectivity index (χ0v) is 11.9. The molecule has 0 saturated carbocycles. The van der Waals surface area contributed by atoms with Gasteiger partial charge >= 0.3 is 0 Å². The molecule has 1 aliphatic rings. The summed E-state index contributed by atoms with van der Waals surface area (Å²) in [4.78, 5) is 10.7. The van der Waals surface area contributed by atoms with Crippen LogP contribution in [-0.4, -0.2) is 56.4 Å². The first kappa shape index (κ1) is 14.0. The highest BCUT2D eigenvalue weighted by Crippen LogP contribution is 2.13. The molecule has 2 N–H and O–H groups in total. The fraction of sp³-hybridized carbons (Fsp3) is 0.692. The fourth-order valence-electron chi connectivity index (χ4n) is 2.04. The van der Waals surface area contributed by atoms with Gasteiger partial charge in [0.2, 0.25) is 0 Å². The van der Waals surface area contributed by atoms with E-state index in [1.807, 2.05) is 32.0 Å². The van der Waals surface area contributed by atoms with Crippen LogP contribution in [0.3, 0.4) is 0 Å². The van der Waals surface area contributed by atoms with Gasteiger partial charge in [-0.2, -0.15) is 0 Å². The Morgan fingerprint density at radius 3 is 3.00 bits per heavy atom. The predicted octanol–water partition coefficient (Wildman–Crippen LogP) is 0.641. The summed E-state index contributed by atoms with van der Waals surface area (Å²) in [6.45, 7) is 5.47. The quantitative estimate of drug-likeness (QED) is 0.815. The van der Waals surface area contributed by atoms with Crippen molar-refractivity contribution in [1.82, 2.24) is 15.3 Å². The second-order valence-electron chi connectivity index (χ2n) is 4.97. The van der Waals surface area contributed by atoms with Gasteiger partial charge in [0.25, 0.3) is 0 Å². The molecule has 0 aromatic carbocycles. The second kappa shape index (κ2) is 6.68. The van der Waals surface area contributed by atoms with Crippen LogP contribution < -0.4 is 15.5 Å². The van der Waals surface area contributed by atoms with Crippen LogP contribution >= 0.6 is 0 Å². The van der Waals surface area contributed by atoms with Crippen molar-refractivity contribution in [2.24, 2.45) is 0 Å². The minimum atomic E-state index is 0.303. The van der Waals surface area contributed by atoms with Gasteiger partial charge in [0.15, 0.2) is 0 Å².